The number of carbonyl (C=O) groups excluding carboxylic acids is 1. The minimum absolute atomic E-state index is 0.00126. The summed E-state index contributed by atoms with van der Waals surface area (Å²) in [5.74, 6) is 1.16. The predicted molar refractivity (Wildman–Crippen MR) is 137 cm³/mol. The molecule has 0 bridgehead atoms. The van der Waals surface area contributed by atoms with Gasteiger partial charge in [0.15, 0.2) is 0 Å². The first-order valence-electron chi connectivity index (χ1n) is 12.8. The van der Waals surface area contributed by atoms with Crippen LogP contribution in [0.15, 0.2) is 24.3 Å². The summed E-state index contributed by atoms with van der Waals surface area (Å²) in [7, 11) is 3.88. The molecule has 1 aromatic heterocycles. The molecule has 188 valence electrons. The van der Waals surface area contributed by atoms with Gasteiger partial charge in [-0.2, -0.15) is 4.98 Å². The average Bonchev–Trinajstić information content (AvgIpc) is 2.88. The van der Waals surface area contributed by atoms with Crippen molar-refractivity contribution in [1.29, 1.82) is 0 Å². The highest BCUT2D eigenvalue weighted by Crippen LogP contribution is 2.28. The number of carbonyl (C=O) groups is 1. The number of urea groups is 1. The van der Waals surface area contributed by atoms with E-state index >= 15 is 0 Å². The lowest BCUT2D eigenvalue weighted by molar-refractivity contribution is 0.0428. The Hall–Kier alpha value is -2.91. The van der Waals surface area contributed by atoms with Crippen LogP contribution in [0.25, 0.3) is 11.3 Å². The number of methoxy groups -OCH3 is 1. The molecule has 35 heavy (non-hydrogen) atoms. The molecule has 0 spiro atoms. The van der Waals surface area contributed by atoms with Gasteiger partial charge in [0, 0.05) is 58.0 Å². The van der Waals surface area contributed by atoms with Crippen molar-refractivity contribution in [3.8, 4) is 11.3 Å². The first-order valence-corrected chi connectivity index (χ1v) is 12.8. The lowest BCUT2D eigenvalue weighted by atomic mass is 9.92. The number of nitrogen functional groups attached to an aromatic ring is 1. The second-order valence-corrected chi connectivity index (χ2v) is 10.0. The zero-order valence-electron chi connectivity index (χ0n) is 20.9. The van der Waals surface area contributed by atoms with Crippen molar-refractivity contribution >= 4 is 17.8 Å². The van der Waals surface area contributed by atoms with Gasteiger partial charge in [-0.05, 0) is 43.5 Å². The highest BCUT2D eigenvalue weighted by atomic mass is 16.5. The highest BCUT2D eigenvalue weighted by Gasteiger charge is 2.29. The third kappa shape index (κ3) is 5.36. The van der Waals surface area contributed by atoms with Crippen LogP contribution in [0, 0.1) is 0 Å². The molecule has 9 nitrogen and oxygen atoms in total. The number of hydrogen-bond donors (Lipinski definition) is 2. The third-order valence-corrected chi connectivity index (χ3v) is 7.67. The molecule has 1 saturated carbocycles. The fraction of sp³-hybridized carbons (Fsp3) is 0.577. The number of piperazine rings is 1. The normalized spacial score (nSPS) is 23.1. The zero-order chi connectivity index (χ0) is 24.4. The van der Waals surface area contributed by atoms with Gasteiger partial charge in [-0.3, -0.25) is 0 Å². The molecule has 2 amide bonds. The van der Waals surface area contributed by atoms with Crippen molar-refractivity contribution in [2.45, 2.75) is 50.8 Å². The highest BCUT2D eigenvalue weighted by molar-refractivity contribution is 5.75. The number of benzene rings is 1. The number of nitrogens with zero attached hydrogens (tertiary/aromatic N) is 5. The van der Waals surface area contributed by atoms with Gasteiger partial charge in [0.2, 0.25) is 5.95 Å². The lowest BCUT2D eigenvalue weighted by Gasteiger charge is -2.35. The maximum atomic E-state index is 13.1. The number of nitrogens with two attached hydrogens (primary N) is 1. The minimum atomic E-state index is -0.00126. The van der Waals surface area contributed by atoms with Gasteiger partial charge in [0.25, 0.3) is 0 Å². The fourth-order valence-corrected chi connectivity index (χ4v) is 5.48. The molecule has 5 rings (SSSR count). The molecule has 1 aromatic carbocycles. The van der Waals surface area contributed by atoms with Crippen LogP contribution >= 0.6 is 0 Å². The molecule has 2 unspecified atom stereocenters. The van der Waals surface area contributed by atoms with E-state index in [1.807, 2.05) is 11.0 Å². The number of anilines is 2. The van der Waals surface area contributed by atoms with E-state index in [-0.39, 0.29) is 24.1 Å². The Labute approximate surface area is 207 Å². The summed E-state index contributed by atoms with van der Waals surface area (Å²) in [4.78, 5) is 28.6. The van der Waals surface area contributed by atoms with Crippen molar-refractivity contribution in [1.82, 2.24) is 25.1 Å². The maximum Gasteiger partial charge on any atom is 0.318 e. The molecular weight excluding hydrogens is 442 g/mol. The topological polar surface area (TPSA) is 99.9 Å². The van der Waals surface area contributed by atoms with Crippen molar-refractivity contribution in [3.05, 3.63) is 35.4 Å². The van der Waals surface area contributed by atoms with Crippen LogP contribution in [-0.2, 0) is 17.7 Å². The molecule has 2 aromatic rings. The summed E-state index contributed by atoms with van der Waals surface area (Å²) in [6, 6.07) is 8.54. The quantitative estimate of drug-likeness (QED) is 0.695. The van der Waals surface area contributed by atoms with Crippen LogP contribution in [0.3, 0.4) is 0 Å². The largest absolute Gasteiger partial charge is 0.379 e. The SMILES string of the molecule is COC1CCCCC1NC(=O)N1CCc2ccc(-c3cc(N4CCN(C)CC4)nc(N)n3)cc2C1. The van der Waals surface area contributed by atoms with E-state index in [4.69, 9.17) is 10.5 Å². The molecule has 3 aliphatic rings. The Morgan fingerprint density at radius 1 is 1.06 bits per heavy atom. The van der Waals surface area contributed by atoms with Gasteiger partial charge in [-0.25, -0.2) is 9.78 Å². The van der Waals surface area contributed by atoms with Crippen LogP contribution in [0.4, 0.5) is 16.6 Å². The predicted octanol–water partition coefficient (Wildman–Crippen LogP) is 2.50. The summed E-state index contributed by atoms with van der Waals surface area (Å²) < 4.78 is 5.62. The Morgan fingerprint density at radius 3 is 2.66 bits per heavy atom. The summed E-state index contributed by atoms with van der Waals surface area (Å²) >= 11 is 0. The van der Waals surface area contributed by atoms with E-state index in [9.17, 15) is 4.79 Å². The first-order chi connectivity index (χ1) is 17.0. The smallest absolute Gasteiger partial charge is 0.318 e. The van der Waals surface area contributed by atoms with Crippen LogP contribution in [-0.4, -0.2) is 84.8 Å². The van der Waals surface area contributed by atoms with Gasteiger partial charge in [-0.1, -0.05) is 25.0 Å². The molecule has 3 N–H and O–H groups in total. The molecule has 1 saturated heterocycles. The zero-order valence-corrected chi connectivity index (χ0v) is 20.9. The number of rotatable bonds is 4. The van der Waals surface area contributed by atoms with Gasteiger partial charge in [-0.15, -0.1) is 0 Å². The molecular formula is C26H37N7O2. The Balaban J connectivity index is 1.31. The maximum absolute atomic E-state index is 13.1. The molecule has 9 heteroatoms. The van der Waals surface area contributed by atoms with Crippen molar-refractivity contribution in [3.63, 3.8) is 0 Å². The average molecular weight is 480 g/mol. The minimum Gasteiger partial charge on any atom is -0.379 e. The number of likely N-dealkylation sites (N-methyl/N-ethyl adjacent to an activating group) is 1. The number of ether oxygens (including phenoxy) is 1. The monoisotopic (exact) mass is 479 g/mol. The summed E-state index contributed by atoms with van der Waals surface area (Å²) in [6.45, 7) is 5.16. The van der Waals surface area contributed by atoms with Crippen LogP contribution < -0.4 is 16.0 Å². The van der Waals surface area contributed by atoms with E-state index in [0.29, 0.717) is 6.54 Å². The Morgan fingerprint density at radius 2 is 1.86 bits per heavy atom. The first kappa shape index (κ1) is 23.8. The van der Waals surface area contributed by atoms with Crippen molar-refractivity contribution < 1.29 is 9.53 Å². The number of fused-ring (bicyclic) bond motifs is 1. The molecule has 2 fully saturated rings. The van der Waals surface area contributed by atoms with E-state index in [1.54, 1.807) is 7.11 Å². The van der Waals surface area contributed by atoms with Crippen LogP contribution in [0.2, 0.25) is 0 Å². The molecule has 1 aliphatic carbocycles. The second-order valence-electron chi connectivity index (χ2n) is 10.0. The van der Waals surface area contributed by atoms with Crippen molar-refractivity contribution in [2.75, 3.05) is 57.5 Å². The molecule has 3 heterocycles. The fourth-order valence-electron chi connectivity index (χ4n) is 5.48. The molecule has 2 aliphatic heterocycles. The van der Waals surface area contributed by atoms with E-state index in [0.717, 1.165) is 87.5 Å². The van der Waals surface area contributed by atoms with Gasteiger partial charge < -0.3 is 30.5 Å². The van der Waals surface area contributed by atoms with Gasteiger partial charge >= 0.3 is 6.03 Å². The standard InChI is InChI=1S/C26H37N7O2/c1-31-11-13-32(14-12-31)24-16-22(28-25(27)30-24)19-8-7-18-9-10-33(17-20(18)15-19)26(34)29-21-5-3-4-6-23(21)35-2/h7-8,15-16,21,23H,3-6,9-14,17H2,1-2H3,(H,29,34)(H2,27,28,30). The van der Waals surface area contributed by atoms with E-state index in [2.05, 4.69) is 50.3 Å². The summed E-state index contributed by atoms with van der Waals surface area (Å²) in [5.41, 5.74) is 10.4. The van der Waals surface area contributed by atoms with Gasteiger partial charge in [0.05, 0.1) is 17.8 Å². The van der Waals surface area contributed by atoms with E-state index < -0.39 is 0 Å². The number of nitrogens with one attached hydrogen (secondary N) is 1. The van der Waals surface area contributed by atoms with Crippen LogP contribution in [0.5, 0.6) is 0 Å². The van der Waals surface area contributed by atoms with Crippen LogP contribution in [0.1, 0.15) is 36.8 Å². The second kappa shape index (κ2) is 10.4. The Kier molecular flexibility index (Phi) is 7.06. The molecule has 0 radical (unpaired) electrons. The molecule has 2 atom stereocenters. The summed E-state index contributed by atoms with van der Waals surface area (Å²) in [5, 5.41) is 3.24. The third-order valence-electron chi connectivity index (χ3n) is 7.67. The summed E-state index contributed by atoms with van der Waals surface area (Å²) in [6.07, 6.45) is 5.23. The van der Waals surface area contributed by atoms with Gasteiger partial charge in [0.1, 0.15) is 5.82 Å². The lowest BCUT2D eigenvalue weighted by Crippen LogP contribution is -2.51. The number of amides is 2. The van der Waals surface area contributed by atoms with Crippen molar-refractivity contribution in [2.24, 2.45) is 0 Å². The number of aromatic nitrogens is 2. The number of hydrogen-bond acceptors (Lipinski definition) is 7. The Bertz CT molecular complexity index is 1050. The van der Waals surface area contributed by atoms with E-state index in [1.165, 1.54) is 5.56 Å².